The lowest BCUT2D eigenvalue weighted by atomic mass is 10.0. The largest absolute Gasteiger partial charge is 0.462 e. The molecule has 0 aliphatic rings. The molecule has 0 amide bonds. The Morgan fingerprint density at radius 3 is 0.843 bits per heavy atom. The van der Waals surface area contributed by atoms with Crippen LogP contribution in [-0.2, 0) is 28.6 Å². The van der Waals surface area contributed by atoms with Crippen molar-refractivity contribution in [2.75, 3.05) is 13.2 Å². The zero-order chi connectivity index (χ0) is 59.9. The van der Waals surface area contributed by atoms with Gasteiger partial charge in [-0.15, -0.1) is 0 Å². The lowest BCUT2D eigenvalue weighted by molar-refractivity contribution is -0.166. The van der Waals surface area contributed by atoms with E-state index in [1.54, 1.807) is 6.08 Å². The van der Waals surface area contributed by atoms with E-state index in [-0.39, 0.29) is 31.6 Å². The van der Waals surface area contributed by atoms with Gasteiger partial charge in [0.1, 0.15) is 13.2 Å². The summed E-state index contributed by atoms with van der Waals surface area (Å²) < 4.78 is 16.9. The minimum absolute atomic E-state index is 0.108. The second kappa shape index (κ2) is 70.6. The summed E-state index contributed by atoms with van der Waals surface area (Å²) in [7, 11) is 0. The summed E-state index contributed by atoms with van der Waals surface area (Å²) in [5, 5.41) is 0. The fourth-order valence-electron chi connectivity index (χ4n) is 9.99. The summed E-state index contributed by atoms with van der Waals surface area (Å²) in [6.07, 6.45) is 97.2. The van der Waals surface area contributed by atoms with Gasteiger partial charge in [0.05, 0.1) is 6.42 Å². The molecule has 0 heterocycles. The molecule has 0 rings (SSSR count). The highest BCUT2D eigenvalue weighted by Crippen LogP contribution is 2.17. The zero-order valence-corrected chi connectivity index (χ0v) is 54.7. The van der Waals surface area contributed by atoms with E-state index in [1.807, 2.05) is 6.08 Å². The third kappa shape index (κ3) is 68.7. The van der Waals surface area contributed by atoms with Crippen LogP contribution in [0, 0.1) is 0 Å². The average Bonchev–Trinajstić information content (AvgIpc) is 3.49. The number of carbonyl (C=O) groups is 3. The summed E-state index contributed by atoms with van der Waals surface area (Å²) in [5.41, 5.74) is 0. The Morgan fingerprint density at radius 2 is 0.518 bits per heavy atom. The summed E-state index contributed by atoms with van der Waals surface area (Å²) in [6.45, 7) is 6.45. The predicted molar refractivity (Wildman–Crippen MR) is 362 cm³/mol. The van der Waals surface area contributed by atoms with Crippen molar-refractivity contribution in [1.29, 1.82) is 0 Å². The molecule has 0 bridgehead atoms. The SMILES string of the molecule is CC/C=C\C/C=C\C/C=C\C/C=C\C/C=C\CC(=O)OCC(COC(=O)CCCCCCCCCCCCCCCCCCC/C=C\C/C=C\CCCCCCC)OC(=O)CCCCCCCCCCC/C=C\C/C=C\CCCCCCC. The van der Waals surface area contributed by atoms with Gasteiger partial charge in [0.25, 0.3) is 0 Å². The number of ether oxygens (including phenoxy) is 3. The van der Waals surface area contributed by atoms with Crippen LogP contribution in [0.5, 0.6) is 0 Å². The van der Waals surface area contributed by atoms with E-state index in [1.165, 1.54) is 218 Å². The summed E-state index contributed by atoms with van der Waals surface area (Å²) >= 11 is 0. The molecular formula is C77H132O6. The first kappa shape index (κ1) is 79.1. The molecule has 476 valence electrons. The Balaban J connectivity index is 4.33. The first-order chi connectivity index (χ1) is 41.0. The predicted octanol–water partition coefficient (Wildman–Crippen LogP) is 24.6. The molecule has 1 unspecified atom stereocenters. The average molecular weight is 1150 g/mol. The molecule has 0 saturated carbocycles. The van der Waals surface area contributed by atoms with Gasteiger partial charge in [0.15, 0.2) is 6.10 Å². The Morgan fingerprint density at radius 1 is 0.265 bits per heavy atom. The van der Waals surface area contributed by atoms with Gasteiger partial charge >= 0.3 is 17.9 Å². The van der Waals surface area contributed by atoms with Crippen LogP contribution in [0.25, 0.3) is 0 Å². The van der Waals surface area contributed by atoms with E-state index in [4.69, 9.17) is 14.2 Å². The van der Waals surface area contributed by atoms with Crippen LogP contribution >= 0.6 is 0 Å². The highest BCUT2D eigenvalue weighted by molar-refractivity contribution is 5.72. The van der Waals surface area contributed by atoms with Gasteiger partial charge in [0.2, 0.25) is 0 Å². The van der Waals surface area contributed by atoms with Crippen molar-refractivity contribution in [2.24, 2.45) is 0 Å². The van der Waals surface area contributed by atoms with Crippen molar-refractivity contribution in [3.63, 3.8) is 0 Å². The van der Waals surface area contributed by atoms with Gasteiger partial charge in [-0.25, -0.2) is 0 Å². The van der Waals surface area contributed by atoms with Gasteiger partial charge in [-0.05, 0) is 109 Å². The molecule has 6 heteroatoms. The van der Waals surface area contributed by atoms with E-state index in [0.29, 0.717) is 12.8 Å². The monoisotopic (exact) mass is 1150 g/mol. The van der Waals surface area contributed by atoms with E-state index in [2.05, 4.69) is 118 Å². The molecule has 0 spiro atoms. The number of allylic oxidation sites excluding steroid dienone is 17. The van der Waals surface area contributed by atoms with Crippen molar-refractivity contribution in [2.45, 2.75) is 348 Å². The highest BCUT2D eigenvalue weighted by Gasteiger charge is 2.19. The summed E-state index contributed by atoms with van der Waals surface area (Å²) in [4.78, 5) is 38.4. The fourth-order valence-corrected chi connectivity index (χ4v) is 9.99. The first-order valence-corrected chi connectivity index (χ1v) is 35.4. The first-order valence-electron chi connectivity index (χ1n) is 35.4. The maximum absolute atomic E-state index is 12.9. The standard InChI is InChI=1S/C77H132O6/c1-4-7-10-13-16-19-22-25-28-30-32-34-35-36-37-38-39-40-41-43-44-46-49-52-55-58-61-64-67-70-76(79)82-73-74(72-81-75(78)69-66-63-60-57-54-51-48-27-24-21-18-15-12-9-6-3)83-77(80)71-68-65-62-59-56-53-50-47-45-42-33-31-29-26-23-20-17-14-11-8-5-2/h9,12,18,21-23,25-27,30-33,48,54,57,63,66,74H,4-8,10-11,13-17,19-20,24,28-29,34-47,49-53,55-56,58-62,64-65,67-73H2,1-3H3/b12-9-,21-18-,25-22-,26-23-,32-30-,33-31-,48-27-,57-54-,66-63-. The lowest BCUT2D eigenvalue weighted by Crippen LogP contribution is -2.30. The van der Waals surface area contributed by atoms with E-state index >= 15 is 0 Å². The molecule has 0 N–H and O–H groups in total. The van der Waals surface area contributed by atoms with Crippen LogP contribution in [0.1, 0.15) is 342 Å². The van der Waals surface area contributed by atoms with Gasteiger partial charge in [-0.2, -0.15) is 0 Å². The molecule has 83 heavy (non-hydrogen) atoms. The maximum Gasteiger partial charge on any atom is 0.309 e. The quantitative estimate of drug-likeness (QED) is 0.0261. The van der Waals surface area contributed by atoms with E-state index in [9.17, 15) is 14.4 Å². The molecule has 6 nitrogen and oxygen atoms in total. The molecule has 0 aliphatic carbocycles. The van der Waals surface area contributed by atoms with Gasteiger partial charge < -0.3 is 14.2 Å². The van der Waals surface area contributed by atoms with Gasteiger partial charge in [-0.3, -0.25) is 14.4 Å². The van der Waals surface area contributed by atoms with Crippen molar-refractivity contribution < 1.29 is 28.6 Å². The Hall–Kier alpha value is -3.93. The Labute approximate surface area is 514 Å². The van der Waals surface area contributed by atoms with Gasteiger partial charge in [0, 0.05) is 12.8 Å². The fraction of sp³-hybridized carbons (Fsp3) is 0.727. The summed E-state index contributed by atoms with van der Waals surface area (Å²) in [6, 6.07) is 0. The van der Waals surface area contributed by atoms with Crippen LogP contribution in [-0.4, -0.2) is 37.2 Å². The van der Waals surface area contributed by atoms with Crippen LogP contribution in [0.3, 0.4) is 0 Å². The Bertz CT molecular complexity index is 1660. The van der Waals surface area contributed by atoms with Crippen LogP contribution in [0.15, 0.2) is 109 Å². The number of carbonyl (C=O) groups excluding carboxylic acids is 3. The molecule has 0 aromatic heterocycles. The van der Waals surface area contributed by atoms with Crippen molar-refractivity contribution in [3.05, 3.63) is 109 Å². The third-order valence-corrected chi connectivity index (χ3v) is 15.3. The molecule has 0 aliphatic heterocycles. The minimum Gasteiger partial charge on any atom is -0.462 e. The van der Waals surface area contributed by atoms with Crippen LogP contribution < -0.4 is 0 Å². The van der Waals surface area contributed by atoms with Gasteiger partial charge in [-0.1, -0.05) is 323 Å². The number of esters is 3. The van der Waals surface area contributed by atoms with E-state index in [0.717, 1.165) is 83.5 Å². The topological polar surface area (TPSA) is 78.9 Å². The highest BCUT2D eigenvalue weighted by atomic mass is 16.6. The molecule has 0 aromatic rings. The number of rotatable bonds is 64. The molecule has 0 saturated heterocycles. The third-order valence-electron chi connectivity index (χ3n) is 15.3. The van der Waals surface area contributed by atoms with Crippen molar-refractivity contribution >= 4 is 17.9 Å². The summed E-state index contributed by atoms with van der Waals surface area (Å²) in [5.74, 6) is -1.03. The lowest BCUT2D eigenvalue weighted by Gasteiger charge is -2.18. The molecule has 1 atom stereocenters. The number of hydrogen-bond donors (Lipinski definition) is 0. The normalized spacial score (nSPS) is 12.8. The zero-order valence-electron chi connectivity index (χ0n) is 54.7. The smallest absolute Gasteiger partial charge is 0.309 e. The molecular weight excluding hydrogens is 1020 g/mol. The van der Waals surface area contributed by atoms with E-state index < -0.39 is 12.1 Å². The van der Waals surface area contributed by atoms with Crippen molar-refractivity contribution in [1.82, 2.24) is 0 Å². The van der Waals surface area contributed by atoms with Crippen LogP contribution in [0.2, 0.25) is 0 Å². The minimum atomic E-state index is -0.823. The molecule has 0 fully saturated rings. The maximum atomic E-state index is 12.9. The second-order valence-electron chi connectivity index (χ2n) is 23.4. The van der Waals surface area contributed by atoms with Crippen molar-refractivity contribution in [3.8, 4) is 0 Å². The molecule has 0 radical (unpaired) electrons. The van der Waals surface area contributed by atoms with Crippen LogP contribution in [0.4, 0.5) is 0 Å². The number of unbranched alkanes of at least 4 members (excludes halogenated alkanes) is 36. The Kier molecular flexibility index (Phi) is 67.2. The second-order valence-corrected chi connectivity index (χ2v) is 23.4. The molecule has 0 aromatic carbocycles. The number of hydrogen-bond acceptors (Lipinski definition) is 6.